The molecule has 2 heterocycles. The number of pyridine rings is 1. The van der Waals surface area contributed by atoms with Crippen LogP contribution in [0.5, 0.6) is 0 Å². The average Bonchev–Trinajstić information content (AvgIpc) is 2.67. The molecule has 1 fully saturated rings. The van der Waals surface area contributed by atoms with E-state index in [1.165, 1.54) is 6.20 Å². The van der Waals surface area contributed by atoms with Crippen LogP contribution in [0.4, 0.5) is 5.69 Å². The molecule has 7 heteroatoms. The number of anilines is 1. The molecule has 0 amide bonds. The molecule has 2 aromatic rings. The van der Waals surface area contributed by atoms with Gasteiger partial charge in [-0.3, -0.25) is 4.98 Å². The van der Waals surface area contributed by atoms with Crippen molar-refractivity contribution in [3.8, 4) is 0 Å². The summed E-state index contributed by atoms with van der Waals surface area (Å²) in [5.41, 5.74) is 2.35. The highest BCUT2D eigenvalue weighted by atomic mass is 16.5. The van der Waals surface area contributed by atoms with Crippen LogP contribution in [-0.2, 0) is 9.47 Å². The minimum atomic E-state index is -0.385. The lowest BCUT2D eigenvalue weighted by Gasteiger charge is -2.31. The van der Waals surface area contributed by atoms with Gasteiger partial charge in [-0.05, 0) is 39.0 Å². The molecule has 1 N–H and O–H groups in total. The van der Waals surface area contributed by atoms with E-state index in [9.17, 15) is 9.59 Å². The minimum Gasteiger partial charge on any atom is -0.462 e. The summed E-state index contributed by atoms with van der Waals surface area (Å²) in [6.07, 6.45) is 1.35. The smallest absolute Gasteiger partial charge is 0.341 e. The van der Waals surface area contributed by atoms with Crippen LogP contribution in [0.15, 0.2) is 24.4 Å². The number of hydrogen-bond acceptors (Lipinski definition) is 7. The number of aromatic nitrogens is 1. The van der Waals surface area contributed by atoms with Crippen molar-refractivity contribution in [2.75, 3.05) is 37.7 Å². The lowest BCUT2D eigenvalue weighted by Crippen LogP contribution is -2.44. The van der Waals surface area contributed by atoms with Crippen LogP contribution in [0.2, 0.25) is 0 Å². The van der Waals surface area contributed by atoms with Crippen molar-refractivity contribution in [3.63, 3.8) is 0 Å². The number of benzene rings is 1. The van der Waals surface area contributed by atoms with Crippen LogP contribution >= 0.6 is 0 Å². The lowest BCUT2D eigenvalue weighted by molar-refractivity contribution is 0.0377. The molecule has 1 saturated heterocycles. The summed E-state index contributed by atoms with van der Waals surface area (Å²) >= 11 is 0. The minimum absolute atomic E-state index is 0.191. The van der Waals surface area contributed by atoms with Gasteiger partial charge in [0.05, 0.1) is 29.5 Å². The van der Waals surface area contributed by atoms with E-state index >= 15 is 0 Å². The number of hydrogen-bond donors (Lipinski definition) is 1. The fraction of sp³-hybridized carbons (Fsp3) is 0.450. The van der Waals surface area contributed by atoms with E-state index in [1.807, 2.05) is 19.9 Å². The van der Waals surface area contributed by atoms with Gasteiger partial charge in [0.15, 0.2) is 0 Å². The molecule has 0 atom stereocenters. The summed E-state index contributed by atoms with van der Waals surface area (Å²) < 4.78 is 10.5. The summed E-state index contributed by atoms with van der Waals surface area (Å²) in [4.78, 5) is 31.2. The van der Waals surface area contributed by atoms with Crippen LogP contribution < -0.4 is 10.2 Å². The van der Waals surface area contributed by atoms with Crippen LogP contribution in [0.1, 0.15) is 41.5 Å². The van der Waals surface area contributed by atoms with Gasteiger partial charge in [0, 0.05) is 37.8 Å². The molecule has 0 bridgehead atoms. The van der Waals surface area contributed by atoms with Crippen molar-refractivity contribution in [1.29, 1.82) is 0 Å². The Bertz CT molecular complexity index is 844. The Labute approximate surface area is 158 Å². The van der Waals surface area contributed by atoms with Crippen LogP contribution in [0.25, 0.3) is 10.9 Å². The van der Waals surface area contributed by atoms with E-state index in [0.29, 0.717) is 23.3 Å². The monoisotopic (exact) mass is 371 g/mol. The van der Waals surface area contributed by atoms with Gasteiger partial charge in [0.1, 0.15) is 5.56 Å². The first kappa shape index (κ1) is 19.1. The first-order valence-electron chi connectivity index (χ1n) is 9.27. The Morgan fingerprint density at radius 3 is 2.63 bits per heavy atom. The maximum absolute atomic E-state index is 12.5. The van der Waals surface area contributed by atoms with Crippen molar-refractivity contribution in [1.82, 2.24) is 10.3 Å². The maximum Gasteiger partial charge on any atom is 0.341 e. The second-order valence-corrected chi connectivity index (χ2v) is 6.66. The van der Waals surface area contributed by atoms with Gasteiger partial charge >= 0.3 is 11.9 Å². The Hall–Kier alpha value is -2.67. The zero-order chi connectivity index (χ0) is 19.4. The zero-order valence-corrected chi connectivity index (χ0v) is 15.9. The average molecular weight is 371 g/mol. The van der Waals surface area contributed by atoms with Crippen molar-refractivity contribution in [2.24, 2.45) is 0 Å². The zero-order valence-electron chi connectivity index (χ0n) is 15.9. The van der Waals surface area contributed by atoms with E-state index in [2.05, 4.69) is 15.2 Å². The van der Waals surface area contributed by atoms with E-state index in [-0.39, 0.29) is 18.0 Å². The molecule has 0 radical (unpaired) electrons. The second-order valence-electron chi connectivity index (χ2n) is 6.66. The summed E-state index contributed by atoms with van der Waals surface area (Å²) in [5, 5.41) is 4.14. The normalized spacial score (nSPS) is 14.4. The van der Waals surface area contributed by atoms with Gasteiger partial charge in [-0.15, -0.1) is 0 Å². The summed E-state index contributed by atoms with van der Waals surface area (Å²) in [5.74, 6) is -0.768. The van der Waals surface area contributed by atoms with Gasteiger partial charge in [0.25, 0.3) is 0 Å². The molecule has 0 unspecified atom stereocenters. The summed E-state index contributed by atoms with van der Waals surface area (Å²) in [6.45, 7) is 8.94. The molecule has 3 rings (SSSR count). The van der Waals surface area contributed by atoms with Crippen LogP contribution in [-0.4, -0.2) is 55.8 Å². The SMILES string of the molecule is CCOC(=O)c1cnc2cc(C(=O)OC(C)C)ccc2c1N1CCNCC1. The number of esters is 2. The van der Waals surface area contributed by atoms with Gasteiger partial charge in [-0.2, -0.15) is 0 Å². The second kappa shape index (κ2) is 8.35. The number of fused-ring (bicyclic) bond motifs is 1. The number of nitrogens with zero attached hydrogens (tertiary/aromatic N) is 2. The Morgan fingerprint density at radius 1 is 1.22 bits per heavy atom. The molecule has 144 valence electrons. The third kappa shape index (κ3) is 4.19. The van der Waals surface area contributed by atoms with Gasteiger partial charge in [0.2, 0.25) is 0 Å². The maximum atomic E-state index is 12.5. The van der Waals surface area contributed by atoms with Gasteiger partial charge < -0.3 is 19.7 Å². The molecule has 1 aromatic heterocycles. The molecule has 0 saturated carbocycles. The number of carbonyl (C=O) groups excluding carboxylic acids is 2. The standard InChI is InChI=1S/C20H25N3O4/c1-4-26-20(25)16-12-22-17-11-14(19(24)27-13(2)3)5-6-15(17)18(16)23-9-7-21-8-10-23/h5-6,11-13,21H,4,7-10H2,1-3H3. The largest absolute Gasteiger partial charge is 0.462 e. The third-order valence-electron chi connectivity index (χ3n) is 4.35. The molecular formula is C20H25N3O4. The molecule has 1 aliphatic rings. The van der Waals surface area contributed by atoms with Crippen molar-refractivity contribution in [3.05, 3.63) is 35.5 Å². The quantitative estimate of drug-likeness (QED) is 0.808. The van der Waals surface area contributed by atoms with Gasteiger partial charge in [-0.25, -0.2) is 9.59 Å². The predicted octanol–water partition coefficient (Wildman–Crippen LogP) is 2.39. The van der Waals surface area contributed by atoms with Crippen LogP contribution in [0.3, 0.4) is 0 Å². The molecule has 1 aliphatic heterocycles. The Balaban J connectivity index is 2.08. The topological polar surface area (TPSA) is 80.8 Å². The van der Waals surface area contributed by atoms with Gasteiger partial charge in [-0.1, -0.05) is 0 Å². The van der Waals surface area contributed by atoms with E-state index in [4.69, 9.17) is 9.47 Å². The fourth-order valence-corrected chi connectivity index (χ4v) is 3.18. The van der Waals surface area contributed by atoms with Crippen molar-refractivity contribution >= 4 is 28.5 Å². The molecule has 1 aromatic carbocycles. The highest BCUT2D eigenvalue weighted by Gasteiger charge is 2.23. The number of carbonyl (C=O) groups is 2. The first-order valence-corrected chi connectivity index (χ1v) is 9.27. The highest BCUT2D eigenvalue weighted by Crippen LogP contribution is 2.31. The highest BCUT2D eigenvalue weighted by molar-refractivity contribution is 6.06. The number of rotatable bonds is 5. The fourth-order valence-electron chi connectivity index (χ4n) is 3.18. The number of ether oxygens (including phenoxy) is 2. The van der Waals surface area contributed by atoms with Crippen molar-refractivity contribution < 1.29 is 19.1 Å². The first-order chi connectivity index (χ1) is 13.0. The molecule has 0 aliphatic carbocycles. The Morgan fingerprint density at radius 2 is 1.96 bits per heavy atom. The molecular weight excluding hydrogens is 346 g/mol. The van der Waals surface area contributed by atoms with E-state index in [1.54, 1.807) is 19.1 Å². The summed E-state index contributed by atoms with van der Waals surface area (Å²) in [7, 11) is 0. The number of nitrogens with one attached hydrogen (secondary N) is 1. The molecule has 27 heavy (non-hydrogen) atoms. The Kier molecular flexibility index (Phi) is 5.91. The van der Waals surface area contributed by atoms with E-state index in [0.717, 1.165) is 37.3 Å². The van der Waals surface area contributed by atoms with Crippen molar-refractivity contribution in [2.45, 2.75) is 26.9 Å². The lowest BCUT2D eigenvalue weighted by atomic mass is 10.0. The predicted molar refractivity (Wildman–Crippen MR) is 103 cm³/mol. The molecule has 0 spiro atoms. The van der Waals surface area contributed by atoms with Crippen LogP contribution in [0, 0.1) is 0 Å². The molecule has 7 nitrogen and oxygen atoms in total. The number of piperazine rings is 1. The van der Waals surface area contributed by atoms with E-state index < -0.39 is 0 Å². The summed E-state index contributed by atoms with van der Waals surface area (Å²) in [6, 6.07) is 5.26. The third-order valence-corrected chi connectivity index (χ3v) is 4.35.